The van der Waals surface area contributed by atoms with Gasteiger partial charge in [-0.2, -0.15) is 0 Å². The Balaban J connectivity index is 2.35. The molecule has 0 bridgehead atoms. The van der Waals surface area contributed by atoms with Crippen LogP contribution in [0, 0.1) is 0 Å². The molecule has 1 aliphatic rings. The monoisotopic (exact) mass is 174 g/mol. The van der Waals surface area contributed by atoms with E-state index in [0.717, 1.165) is 5.56 Å². The van der Waals surface area contributed by atoms with Gasteiger partial charge < -0.3 is 4.74 Å². The molecular formula is C10H6O3. The molecule has 0 saturated carbocycles. The molecule has 0 N–H and O–H groups in total. The van der Waals surface area contributed by atoms with Gasteiger partial charge in [0.2, 0.25) is 0 Å². The minimum atomic E-state index is -0.807. The second kappa shape index (κ2) is 2.86. The predicted molar refractivity (Wildman–Crippen MR) is 45.5 cm³/mol. The van der Waals surface area contributed by atoms with Gasteiger partial charge in [-0.3, -0.25) is 4.79 Å². The molecule has 0 unspecified atom stereocenters. The highest BCUT2D eigenvalue weighted by atomic mass is 16.5. The lowest BCUT2D eigenvalue weighted by Gasteiger charge is -1.99. The molecule has 1 heterocycles. The van der Waals surface area contributed by atoms with Gasteiger partial charge in [0.25, 0.3) is 5.78 Å². The van der Waals surface area contributed by atoms with Gasteiger partial charge in [0.1, 0.15) is 5.76 Å². The van der Waals surface area contributed by atoms with Crippen molar-refractivity contribution in [1.29, 1.82) is 0 Å². The molecule has 3 nitrogen and oxygen atoms in total. The summed E-state index contributed by atoms with van der Waals surface area (Å²) in [5, 5.41) is 0. The lowest BCUT2D eigenvalue weighted by atomic mass is 10.2. The van der Waals surface area contributed by atoms with Crippen LogP contribution in [0.25, 0.3) is 5.76 Å². The zero-order chi connectivity index (χ0) is 9.26. The number of hydrogen-bond donors (Lipinski definition) is 0. The topological polar surface area (TPSA) is 43.4 Å². The number of hydrogen-bond acceptors (Lipinski definition) is 3. The molecule has 2 rings (SSSR count). The predicted octanol–water partition coefficient (Wildman–Crippen LogP) is 1.15. The Morgan fingerprint density at radius 1 is 1.00 bits per heavy atom. The van der Waals surface area contributed by atoms with Crippen LogP contribution in [-0.4, -0.2) is 11.8 Å². The Morgan fingerprint density at radius 2 is 1.69 bits per heavy atom. The van der Waals surface area contributed by atoms with Crippen molar-refractivity contribution in [2.75, 3.05) is 0 Å². The quantitative estimate of drug-likeness (QED) is 0.474. The first-order valence-corrected chi connectivity index (χ1v) is 3.80. The Morgan fingerprint density at radius 3 is 2.23 bits per heavy atom. The molecule has 1 aromatic carbocycles. The molecule has 1 aromatic rings. The maximum atomic E-state index is 10.8. The van der Waals surface area contributed by atoms with E-state index in [2.05, 4.69) is 0 Å². The fraction of sp³-hybridized carbons (Fsp3) is 0. The summed E-state index contributed by atoms with van der Waals surface area (Å²) >= 11 is 0. The van der Waals surface area contributed by atoms with Gasteiger partial charge in [-0.1, -0.05) is 30.3 Å². The van der Waals surface area contributed by atoms with Crippen LogP contribution < -0.4 is 0 Å². The van der Waals surface area contributed by atoms with Gasteiger partial charge in [-0.05, 0) is 0 Å². The number of esters is 1. The summed E-state index contributed by atoms with van der Waals surface area (Å²) in [4.78, 5) is 21.5. The van der Waals surface area contributed by atoms with Crippen molar-refractivity contribution < 1.29 is 14.3 Å². The molecule has 0 saturated heterocycles. The summed E-state index contributed by atoms with van der Waals surface area (Å²) in [7, 11) is 0. The van der Waals surface area contributed by atoms with E-state index < -0.39 is 11.8 Å². The third kappa shape index (κ3) is 1.36. The third-order valence-electron chi connectivity index (χ3n) is 1.72. The van der Waals surface area contributed by atoms with Crippen LogP contribution in [0.3, 0.4) is 0 Å². The van der Waals surface area contributed by atoms with E-state index in [1.165, 1.54) is 6.08 Å². The average Bonchev–Trinajstić information content (AvgIpc) is 2.49. The number of benzene rings is 1. The average molecular weight is 174 g/mol. The second-order valence-corrected chi connectivity index (χ2v) is 2.63. The Bertz CT molecular complexity index is 390. The van der Waals surface area contributed by atoms with Crippen molar-refractivity contribution in [2.24, 2.45) is 0 Å². The highest BCUT2D eigenvalue weighted by Gasteiger charge is 2.24. The summed E-state index contributed by atoms with van der Waals surface area (Å²) in [5.41, 5.74) is 0.738. The molecule has 0 fully saturated rings. The molecular weight excluding hydrogens is 168 g/mol. The van der Waals surface area contributed by atoms with Gasteiger partial charge in [-0.25, -0.2) is 4.79 Å². The first-order chi connectivity index (χ1) is 6.27. The largest absolute Gasteiger partial charge is 0.420 e. The summed E-state index contributed by atoms with van der Waals surface area (Å²) in [6.07, 6.45) is 1.21. The van der Waals surface area contributed by atoms with E-state index in [0.29, 0.717) is 5.76 Å². The highest BCUT2D eigenvalue weighted by Crippen LogP contribution is 2.20. The maximum absolute atomic E-state index is 10.8. The molecule has 0 amide bonds. The molecule has 0 aliphatic carbocycles. The highest BCUT2D eigenvalue weighted by molar-refractivity contribution is 6.42. The number of rotatable bonds is 1. The molecule has 64 valence electrons. The first kappa shape index (κ1) is 7.73. The van der Waals surface area contributed by atoms with E-state index in [1.54, 1.807) is 12.1 Å². The summed E-state index contributed by atoms with van der Waals surface area (Å²) < 4.78 is 4.73. The maximum Gasteiger partial charge on any atom is 0.384 e. The number of carbonyl (C=O) groups excluding carboxylic acids is 2. The van der Waals surface area contributed by atoms with Gasteiger partial charge in [0, 0.05) is 11.6 Å². The normalized spacial score (nSPS) is 15.5. The van der Waals surface area contributed by atoms with Crippen LogP contribution in [0.1, 0.15) is 5.56 Å². The molecule has 0 aromatic heterocycles. The zero-order valence-electron chi connectivity index (χ0n) is 6.69. The summed E-state index contributed by atoms with van der Waals surface area (Å²) in [5.74, 6) is -1.08. The van der Waals surface area contributed by atoms with Crippen molar-refractivity contribution in [1.82, 2.24) is 0 Å². The standard InChI is InChI=1S/C10H6O3/c11-8-6-9(13-10(8)12)7-4-2-1-3-5-7/h1-6H. The van der Waals surface area contributed by atoms with Crippen LogP contribution in [-0.2, 0) is 14.3 Å². The lowest BCUT2D eigenvalue weighted by molar-refractivity contribution is -0.144. The zero-order valence-corrected chi connectivity index (χ0v) is 6.69. The number of ketones is 1. The van der Waals surface area contributed by atoms with Gasteiger partial charge in [-0.15, -0.1) is 0 Å². The molecule has 0 spiro atoms. The van der Waals surface area contributed by atoms with E-state index in [1.807, 2.05) is 18.2 Å². The van der Waals surface area contributed by atoms with E-state index >= 15 is 0 Å². The van der Waals surface area contributed by atoms with Gasteiger partial charge in [0.05, 0.1) is 0 Å². The van der Waals surface area contributed by atoms with Gasteiger partial charge >= 0.3 is 5.97 Å². The van der Waals surface area contributed by atoms with E-state index in [9.17, 15) is 9.59 Å². The fourth-order valence-electron chi connectivity index (χ4n) is 1.10. The Hall–Kier alpha value is -1.90. The SMILES string of the molecule is O=C1C=C(c2ccccc2)OC1=O. The fourth-order valence-corrected chi connectivity index (χ4v) is 1.10. The molecule has 13 heavy (non-hydrogen) atoms. The Kier molecular flexibility index (Phi) is 1.70. The number of carbonyl (C=O) groups is 2. The van der Waals surface area contributed by atoms with Crippen molar-refractivity contribution in [2.45, 2.75) is 0 Å². The van der Waals surface area contributed by atoms with Crippen molar-refractivity contribution in [3.63, 3.8) is 0 Å². The summed E-state index contributed by atoms with van der Waals surface area (Å²) in [6, 6.07) is 9.03. The van der Waals surface area contributed by atoms with E-state index in [4.69, 9.17) is 4.74 Å². The van der Waals surface area contributed by atoms with Crippen LogP contribution in [0.4, 0.5) is 0 Å². The molecule has 3 heteroatoms. The van der Waals surface area contributed by atoms with Crippen LogP contribution in [0.15, 0.2) is 36.4 Å². The van der Waals surface area contributed by atoms with Crippen LogP contribution in [0.2, 0.25) is 0 Å². The van der Waals surface area contributed by atoms with Gasteiger partial charge in [0.15, 0.2) is 0 Å². The summed E-state index contributed by atoms with van der Waals surface area (Å²) in [6.45, 7) is 0. The molecule has 0 radical (unpaired) electrons. The van der Waals surface area contributed by atoms with Crippen molar-refractivity contribution >= 4 is 17.5 Å². The minimum absolute atomic E-state index is 0.329. The second-order valence-electron chi connectivity index (χ2n) is 2.63. The first-order valence-electron chi connectivity index (χ1n) is 3.80. The van der Waals surface area contributed by atoms with E-state index in [-0.39, 0.29) is 0 Å². The van der Waals surface area contributed by atoms with Crippen LogP contribution in [0.5, 0.6) is 0 Å². The minimum Gasteiger partial charge on any atom is -0.420 e. The molecule has 1 aliphatic heterocycles. The van der Waals surface area contributed by atoms with Crippen molar-refractivity contribution in [3.8, 4) is 0 Å². The Labute approximate surface area is 74.6 Å². The van der Waals surface area contributed by atoms with Crippen LogP contribution >= 0.6 is 0 Å². The van der Waals surface area contributed by atoms with Crippen molar-refractivity contribution in [3.05, 3.63) is 42.0 Å². The smallest absolute Gasteiger partial charge is 0.384 e. The lowest BCUT2D eigenvalue weighted by Crippen LogP contribution is -2.05. The third-order valence-corrected chi connectivity index (χ3v) is 1.72. The number of ether oxygens (including phenoxy) is 1. The molecule has 0 atom stereocenters. The number of cyclic esters (lactones) is 1.